The molecule has 2 heteroatoms. The summed E-state index contributed by atoms with van der Waals surface area (Å²) in [6.07, 6.45) is 7.39. The predicted octanol–water partition coefficient (Wildman–Crippen LogP) is 1.74. The van der Waals surface area contributed by atoms with Gasteiger partial charge in [0.15, 0.2) is 0 Å². The normalized spacial score (nSPS) is 40.5. The fourth-order valence-corrected chi connectivity index (χ4v) is 2.87. The van der Waals surface area contributed by atoms with Crippen molar-refractivity contribution in [2.75, 3.05) is 6.54 Å². The molecule has 0 spiro atoms. The highest BCUT2D eigenvalue weighted by atomic mass is 19.1. The molecule has 1 saturated carbocycles. The molecule has 3 aliphatic rings. The first-order chi connectivity index (χ1) is 6.15. The molecule has 4 atom stereocenters. The zero-order valence-electron chi connectivity index (χ0n) is 8.02. The van der Waals surface area contributed by atoms with Gasteiger partial charge in [0.2, 0.25) is 0 Å². The SMILES string of the molecule is C#CCCC(C)(F)C1C2CNC1C2. The minimum Gasteiger partial charge on any atom is -0.313 e. The Labute approximate surface area is 79.1 Å². The molecule has 0 amide bonds. The van der Waals surface area contributed by atoms with Gasteiger partial charge < -0.3 is 5.32 Å². The second-order valence-corrected chi connectivity index (χ2v) is 4.52. The van der Waals surface area contributed by atoms with Gasteiger partial charge in [-0.2, -0.15) is 0 Å². The van der Waals surface area contributed by atoms with Gasteiger partial charge in [0, 0.05) is 18.4 Å². The molecule has 4 unspecified atom stereocenters. The molecule has 0 radical (unpaired) electrons. The second-order valence-electron chi connectivity index (χ2n) is 4.52. The van der Waals surface area contributed by atoms with E-state index >= 15 is 0 Å². The minimum absolute atomic E-state index is 0.223. The van der Waals surface area contributed by atoms with Crippen molar-refractivity contribution < 1.29 is 4.39 Å². The highest BCUT2D eigenvalue weighted by molar-refractivity contribution is 5.09. The van der Waals surface area contributed by atoms with Gasteiger partial charge in [0.1, 0.15) is 5.67 Å². The van der Waals surface area contributed by atoms with Crippen LogP contribution in [0.15, 0.2) is 0 Å². The summed E-state index contributed by atoms with van der Waals surface area (Å²) in [4.78, 5) is 0. The van der Waals surface area contributed by atoms with Crippen molar-refractivity contribution >= 4 is 0 Å². The molecule has 0 aromatic carbocycles. The first-order valence-corrected chi connectivity index (χ1v) is 5.01. The number of terminal acetylenes is 1. The van der Waals surface area contributed by atoms with Crippen molar-refractivity contribution in [1.29, 1.82) is 0 Å². The van der Waals surface area contributed by atoms with Gasteiger partial charge in [-0.3, -0.25) is 0 Å². The van der Waals surface area contributed by atoms with Crippen LogP contribution in [0.25, 0.3) is 0 Å². The Bertz CT molecular complexity index is 227. The summed E-state index contributed by atoms with van der Waals surface area (Å²) in [6.45, 7) is 2.71. The standard InChI is InChI=1S/C11H16FN/c1-3-4-5-11(2,12)10-8-6-9(10)13-7-8/h1,8-10,13H,4-7H2,2H3. The molecule has 13 heavy (non-hydrogen) atoms. The number of rotatable bonds is 3. The molecular weight excluding hydrogens is 165 g/mol. The lowest BCUT2D eigenvalue weighted by molar-refractivity contribution is 0.00681. The number of fused-ring (bicyclic) bond motifs is 1. The Balaban J connectivity index is 1.96. The smallest absolute Gasteiger partial charge is 0.113 e. The lowest BCUT2D eigenvalue weighted by Crippen LogP contribution is -2.49. The van der Waals surface area contributed by atoms with Crippen molar-refractivity contribution in [2.45, 2.75) is 37.9 Å². The van der Waals surface area contributed by atoms with E-state index < -0.39 is 5.67 Å². The van der Waals surface area contributed by atoms with Crippen molar-refractivity contribution in [3.8, 4) is 12.3 Å². The first-order valence-electron chi connectivity index (χ1n) is 5.01. The van der Waals surface area contributed by atoms with Gasteiger partial charge in [0.05, 0.1) is 0 Å². The van der Waals surface area contributed by atoms with Crippen molar-refractivity contribution in [3.63, 3.8) is 0 Å². The van der Waals surface area contributed by atoms with Crippen LogP contribution in [-0.2, 0) is 0 Å². The molecule has 1 N–H and O–H groups in total. The highest BCUT2D eigenvalue weighted by Crippen LogP contribution is 2.49. The number of hydrogen-bond acceptors (Lipinski definition) is 1. The molecule has 3 rings (SSSR count). The number of nitrogens with one attached hydrogen (secondary N) is 1. The molecular formula is C11H16FN. The van der Waals surface area contributed by atoms with E-state index in [1.54, 1.807) is 6.92 Å². The van der Waals surface area contributed by atoms with E-state index in [0.717, 1.165) is 6.54 Å². The molecule has 2 heterocycles. The summed E-state index contributed by atoms with van der Waals surface area (Å²) < 4.78 is 14.1. The lowest BCUT2D eigenvalue weighted by atomic mass is 9.65. The summed E-state index contributed by atoms with van der Waals surface area (Å²) in [6, 6.07) is 0.428. The Hall–Kier alpha value is -0.550. The third-order valence-electron chi connectivity index (χ3n) is 3.59. The largest absolute Gasteiger partial charge is 0.313 e. The quantitative estimate of drug-likeness (QED) is 0.654. The van der Waals surface area contributed by atoms with Gasteiger partial charge in [0.25, 0.3) is 0 Å². The zero-order valence-corrected chi connectivity index (χ0v) is 8.02. The van der Waals surface area contributed by atoms with Crippen molar-refractivity contribution in [3.05, 3.63) is 0 Å². The summed E-state index contributed by atoms with van der Waals surface area (Å²) in [5.74, 6) is 3.31. The Morgan fingerprint density at radius 2 is 2.46 bits per heavy atom. The lowest BCUT2D eigenvalue weighted by Gasteiger charge is -2.42. The molecule has 1 aliphatic carbocycles. The summed E-state index contributed by atoms with van der Waals surface area (Å²) >= 11 is 0. The molecule has 0 aromatic heterocycles. The number of hydrogen-bond donors (Lipinski definition) is 1. The third-order valence-corrected chi connectivity index (χ3v) is 3.59. The van der Waals surface area contributed by atoms with Crippen LogP contribution in [0.2, 0.25) is 0 Å². The van der Waals surface area contributed by atoms with E-state index in [9.17, 15) is 4.39 Å². The van der Waals surface area contributed by atoms with Crippen LogP contribution < -0.4 is 5.32 Å². The molecule has 1 nitrogen and oxygen atoms in total. The average Bonchev–Trinajstić information content (AvgIpc) is 2.59. The van der Waals surface area contributed by atoms with Crippen LogP contribution in [0.5, 0.6) is 0 Å². The van der Waals surface area contributed by atoms with Crippen LogP contribution in [-0.4, -0.2) is 18.3 Å². The van der Waals surface area contributed by atoms with Gasteiger partial charge in [-0.1, -0.05) is 0 Å². The predicted molar refractivity (Wildman–Crippen MR) is 51.0 cm³/mol. The fraction of sp³-hybridized carbons (Fsp3) is 0.818. The van der Waals surface area contributed by atoms with Crippen molar-refractivity contribution in [2.24, 2.45) is 11.8 Å². The van der Waals surface area contributed by atoms with Crippen LogP contribution in [0.3, 0.4) is 0 Å². The molecule has 2 saturated heterocycles. The van der Waals surface area contributed by atoms with Gasteiger partial charge in [-0.05, 0) is 32.2 Å². The van der Waals surface area contributed by atoms with E-state index in [0.29, 0.717) is 24.8 Å². The highest BCUT2D eigenvalue weighted by Gasteiger charge is 2.55. The first kappa shape index (κ1) is 9.02. The maximum Gasteiger partial charge on any atom is 0.113 e. The summed E-state index contributed by atoms with van der Waals surface area (Å²) in [5.41, 5.74) is -1.05. The molecule has 0 aromatic rings. The molecule has 2 aliphatic heterocycles. The van der Waals surface area contributed by atoms with Crippen LogP contribution in [0.1, 0.15) is 26.2 Å². The van der Waals surface area contributed by atoms with E-state index in [1.807, 2.05) is 0 Å². The van der Waals surface area contributed by atoms with Gasteiger partial charge in [-0.25, -0.2) is 4.39 Å². The Morgan fingerprint density at radius 3 is 2.92 bits per heavy atom. The van der Waals surface area contributed by atoms with Crippen LogP contribution in [0, 0.1) is 24.2 Å². The van der Waals surface area contributed by atoms with E-state index in [-0.39, 0.29) is 5.92 Å². The molecule has 72 valence electrons. The molecule has 2 bridgehead atoms. The van der Waals surface area contributed by atoms with Crippen LogP contribution in [0.4, 0.5) is 4.39 Å². The fourth-order valence-electron chi connectivity index (χ4n) is 2.87. The average molecular weight is 181 g/mol. The zero-order chi connectivity index (χ0) is 9.47. The maximum atomic E-state index is 14.1. The van der Waals surface area contributed by atoms with Gasteiger partial charge in [-0.15, -0.1) is 12.3 Å². The Morgan fingerprint density at radius 1 is 1.69 bits per heavy atom. The van der Waals surface area contributed by atoms with E-state index in [4.69, 9.17) is 6.42 Å². The van der Waals surface area contributed by atoms with Crippen LogP contribution >= 0.6 is 0 Å². The monoisotopic (exact) mass is 181 g/mol. The van der Waals surface area contributed by atoms with Crippen molar-refractivity contribution in [1.82, 2.24) is 5.32 Å². The molecule has 3 fully saturated rings. The van der Waals surface area contributed by atoms with E-state index in [2.05, 4.69) is 11.2 Å². The van der Waals surface area contributed by atoms with Gasteiger partial charge >= 0.3 is 0 Å². The van der Waals surface area contributed by atoms with E-state index in [1.165, 1.54) is 6.42 Å². The number of halogens is 1. The second kappa shape index (κ2) is 2.99. The summed E-state index contributed by atoms with van der Waals surface area (Å²) in [7, 11) is 0. The summed E-state index contributed by atoms with van der Waals surface area (Å²) in [5, 5.41) is 3.33. The Kier molecular flexibility index (Phi) is 2.08. The maximum absolute atomic E-state index is 14.1. The minimum atomic E-state index is -1.05. The topological polar surface area (TPSA) is 12.0 Å². The number of alkyl halides is 1. The third kappa shape index (κ3) is 1.36.